The molecule has 4 heteroatoms. The van der Waals surface area contributed by atoms with E-state index in [0.29, 0.717) is 0 Å². The topological polar surface area (TPSA) is 87.1 Å². The molecule has 0 spiro atoms. The molecule has 0 radical (unpaired) electrons. The van der Waals surface area contributed by atoms with Gasteiger partial charge in [-0.25, -0.2) is 0 Å². The van der Waals surface area contributed by atoms with Gasteiger partial charge in [0.2, 0.25) is 0 Å². The normalized spacial score (nSPS) is 23.7. The van der Waals surface area contributed by atoms with Crippen LogP contribution in [0.25, 0.3) is 0 Å². The van der Waals surface area contributed by atoms with E-state index in [0.717, 1.165) is 6.16 Å². The van der Waals surface area contributed by atoms with Gasteiger partial charge in [0, 0.05) is 6.16 Å². The van der Waals surface area contributed by atoms with Gasteiger partial charge in [-0.05, 0) is 5.82 Å². The molecule has 1 unspecified atom stereocenters. The van der Waals surface area contributed by atoms with Crippen molar-refractivity contribution in [2.75, 3.05) is 6.16 Å². The van der Waals surface area contributed by atoms with Gasteiger partial charge >= 0.3 is 0 Å². The number of hydrogen-bond acceptors (Lipinski definition) is 3. The third kappa shape index (κ3) is 2.57. The number of hydrogen-bond donors (Lipinski definition) is 2. The molecular formula is C3H11N2OP. The highest BCUT2D eigenvalue weighted by atomic mass is 31.1. The molecule has 0 saturated heterocycles. The van der Waals surface area contributed by atoms with E-state index >= 15 is 0 Å². The molecule has 0 aromatic carbocycles. The third-order valence-electron chi connectivity index (χ3n) is 0.623. The van der Waals surface area contributed by atoms with Crippen LogP contribution in [0.5, 0.6) is 0 Å². The molecule has 1 atom stereocenters. The highest BCUT2D eigenvalue weighted by Crippen LogP contribution is 2.29. The molecule has 1 aliphatic rings. The Morgan fingerprint density at radius 3 is 1.71 bits per heavy atom. The average Bonchev–Trinajstić information content (AvgIpc) is 1.30. The zero-order chi connectivity index (χ0) is 3.70. The van der Waals surface area contributed by atoms with Crippen molar-refractivity contribution in [3.63, 3.8) is 0 Å². The monoisotopic (exact) mass is 122 g/mol. The van der Waals surface area contributed by atoms with E-state index in [1.54, 1.807) is 5.82 Å². The van der Waals surface area contributed by atoms with Crippen LogP contribution in [0.15, 0.2) is 11.9 Å². The second-order valence-electron chi connectivity index (χ2n) is 1.07. The summed E-state index contributed by atoms with van der Waals surface area (Å²) in [6.07, 6.45) is 2.78. The fraction of sp³-hybridized carbons (Fsp3) is 0.333. The molecule has 0 bridgehead atoms. The molecule has 7 heavy (non-hydrogen) atoms. The first kappa shape index (κ1) is 10.00. The van der Waals surface area contributed by atoms with Gasteiger partial charge in [0.25, 0.3) is 0 Å². The van der Waals surface area contributed by atoms with Crippen molar-refractivity contribution in [1.29, 1.82) is 0 Å². The van der Waals surface area contributed by atoms with Crippen LogP contribution >= 0.6 is 7.80 Å². The standard InChI is InChI=1S/C3H5OP.2H3N/c4-5-2-1-3-5;;/h1-2,5H,3H2;2*1H3. The van der Waals surface area contributed by atoms with Gasteiger partial charge in [-0.2, -0.15) is 0 Å². The Balaban J connectivity index is 0. The summed E-state index contributed by atoms with van der Waals surface area (Å²) >= 11 is 0. The lowest BCUT2D eigenvalue weighted by Crippen LogP contribution is -1.73. The molecule has 0 saturated carbocycles. The molecular weight excluding hydrogens is 111 g/mol. The molecule has 1 aliphatic heterocycles. The van der Waals surface area contributed by atoms with E-state index < -0.39 is 7.80 Å². The molecule has 3 nitrogen and oxygen atoms in total. The fourth-order valence-electron chi connectivity index (χ4n) is 0.214. The van der Waals surface area contributed by atoms with E-state index in [1.807, 2.05) is 6.08 Å². The minimum atomic E-state index is -1.12. The molecule has 0 aromatic heterocycles. The molecule has 0 aromatic rings. The van der Waals surface area contributed by atoms with Crippen molar-refractivity contribution in [2.24, 2.45) is 0 Å². The predicted molar refractivity (Wildman–Crippen MR) is 33.1 cm³/mol. The first-order chi connectivity index (χ1) is 2.39. The van der Waals surface area contributed by atoms with Gasteiger partial charge in [0.05, 0.1) is 0 Å². The van der Waals surface area contributed by atoms with Gasteiger partial charge in [0.1, 0.15) is 7.80 Å². The van der Waals surface area contributed by atoms with Crippen molar-refractivity contribution >= 4 is 7.80 Å². The molecule has 44 valence electrons. The maximum atomic E-state index is 10.00. The molecule has 1 heterocycles. The van der Waals surface area contributed by atoms with E-state index in [2.05, 4.69) is 0 Å². The highest BCUT2D eigenvalue weighted by molar-refractivity contribution is 7.50. The zero-order valence-electron chi connectivity index (χ0n) is 4.18. The third-order valence-corrected chi connectivity index (χ3v) is 1.87. The summed E-state index contributed by atoms with van der Waals surface area (Å²) < 4.78 is 10.00. The summed E-state index contributed by atoms with van der Waals surface area (Å²) in [6, 6.07) is 0. The smallest absolute Gasteiger partial charge is 0.100 e. The van der Waals surface area contributed by atoms with Gasteiger partial charge in [-0.15, -0.1) is 0 Å². The van der Waals surface area contributed by atoms with Gasteiger partial charge in [-0.1, -0.05) is 6.08 Å². The minimum absolute atomic E-state index is 0. The first-order valence-corrected chi connectivity index (χ1v) is 3.28. The predicted octanol–water partition coefficient (Wildman–Crippen LogP) is 1.40. The Morgan fingerprint density at radius 1 is 1.43 bits per heavy atom. The average molecular weight is 122 g/mol. The van der Waals surface area contributed by atoms with Crippen molar-refractivity contribution < 1.29 is 4.57 Å². The van der Waals surface area contributed by atoms with Gasteiger partial charge in [0.15, 0.2) is 0 Å². The van der Waals surface area contributed by atoms with Crippen LogP contribution in [0.2, 0.25) is 0 Å². The Kier molecular flexibility index (Phi) is 5.80. The first-order valence-electron chi connectivity index (χ1n) is 1.59. The van der Waals surface area contributed by atoms with E-state index in [9.17, 15) is 4.57 Å². The Labute approximate surface area is 43.7 Å². The summed E-state index contributed by atoms with van der Waals surface area (Å²) in [4.78, 5) is 0. The lowest BCUT2D eigenvalue weighted by Gasteiger charge is -1.94. The van der Waals surface area contributed by atoms with Gasteiger partial charge < -0.3 is 16.9 Å². The highest BCUT2D eigenvalue weighted by Gasteiger charge is 1.95. The summed E-state index contributed by atoms with van der Waals surface area (Å²) in [7, 11) is -1.12. The van der Waals surface area contributed by atoms with Crippen molar-refractivity contribution in [2.45, 2.75) is 0 Å². The molecule has 1 rings (SSSR count). The van der Waals surface area contributed by atoms with Crippen molar-refractivity contribution in [3.8, 4) is 0 Å². The number of rotatable bonds is 0. The molecule has 6 N–H and O–H groups in total. The van der Waals surface area contributed by atoms with E-state index in [4.69, 9.17) is 0 Å². The quantitative estimate of drug-likeness (QED) is 0.476. The van der Waals surface area contributed by atoms with E-state index in [1.165, 1.54) is 0 Å². The maximum Gasteiger partial charge on any atom is 0.100 e. The lowest BCUT2D eigenvalue weighted by molar-refractivity contribution is 0.592. The number of allylic oxidation sites excluding steroid dienone is 1. The molecule has 0 amide bonds. The van der Waals surface area contributed by atoms with Crippen LogP contribution < -0.4 is 12.3 Å². The van der Waals surface area contributed by atoms with Crippen molar-refractivity contribution in [1.82, 2.24) is 12.3 Å². The molecule has 0 aliphatic carbocycles. The Bertz CT molecular complexity index is 90.9. The molecule has 0 fully saturated rings. The summed E-state index contributed by atoms with van der Waals surface area (Å²) in [6.45, 7) is 0. The summed E-state index contributed by atoms with van der Waals surface area (Å²) in [5, 5.41) is 0. The van der Waals surface area contributed by atoms with Crippen LogP contribution in [-0.4, -0.2) is 6.16 Å². The van der Waals surface area contributed by atoms with Crippen LogP contribution in [-0.2, 0) is 4.57 Å². The van der Waals surface area contributed by atoms with Crippen LogP contribution in [0.4, 0.5) is 0 Å². The fourth-order valence-corrected chi connectivity index (χ4v) is 0.642. The maximum absolute atomic E-state index is 10.00. The van der Waals surface area contributed by atoms with Crippen LogP contribution in [0.3, 0.4) is 0 Å². The van der Waals surface area contributed by atoms with Crippen molar-refractivity contribution in [3.05, 3.63) is 11.9 Å². The second kappa shape index (κ2) is 4.06. The lowest BCUT2D eigenvalue weighted by atomic mass is 10.7. The van der Waals surface area contributed by atoms with E-state index in [-0.39, 0.29) is 12.3 Å². The second-order valence-corrected chi connectivity index (χ2v) is 2.75. The zero-order valence-corrected chi connectivity index (χ0v) is 5.18. The summed E-state index contributed by atoms with van der Waals surface area (Å²) in [5.41, 5.74) is 0. The SMILES string of the molecule is N.N.O=[PH]1C=CC1. The van der Waals surface area contributed by atoms with Crippen LogP contribution in [0, 0.1) is 0 Å². The largest absolute Gasteiger partial charge is 0.344 e. The Hall–Kier alpha value is -0.110. The summed E-state index contributed by atoms with van der Waals surface area (Å²) in [5.74, 6) is 1.77. The van der Waals surface area contributed by atoms with Crippen LogP contribution in [0.1, 0.15) is 0 Å². The minimum Gasteiger partial charge on any atom is -0.344 e. The Morgan fingerprint density at radius 2 is 1.71 bits per heavy atom. The van der Waals surface area contributed by atoms with Gasteiger partial charge in [-0.3, -0.25) is 0 Å².